The first-order chi connectivity index (χ1) is 19.7. The van der Waals surface area contributed by atoms with Crippen LogP contribution in [0.15, 0.2) is 128 Å². The molecule has 0 bridgehead atoms. The fraction of sp³-hybridized carbons (Fsp3) is 0.0278. The van der Waals surface area contributed by atoms with Crippen molar-refractivity contribution in [2.45, 2.75) is 6.42 Å². The molecule has 7 aromatic rings. The molecule has 0 aliphatic rings. The number of nitrogen functional groups attached to an aromatic ring is 1. The van der Waals surface area contributed by atoms with E-state index in [-0.39, 0.29) is 0 Å². The minimum Gasteiger partial charge on any atom is -0.396 e. The number of pyridine rings is 3. The lowest BCUT2D eigenvalue weighted by atomic mass is 9.98. The predicted octanol–water partition coefficient (Wildman–Crippen LogP) is 8.50. The van der Waals surface area contributed by atoms with Crippen LogP contribution in [-0.2, 0) is 6.42 Å². The van der Waals surface area contributed by atoms with E-state index in [1.807, 2.05) is 24.4 Å². The molecule has 3 heterocycles. The number of anilines is 1. The average Bonchev–Trinajstić information content (AvgIpc) is 3.02. The molecule has 0 saturated heterocycles. The van der Waals surface area contributed by atoms with Crippen LogP contribution in [0.2, 0.25) is 0 Å². The fourth-order valence-corrected chi connectivity index (χ4v) is 5.27. The molecule has 0 aliphatic heterocycles. The van der Waals surface area contributed by atoms with Gasteiger partial charge in [-0.2, -0.15) is 0 Å². The summed E-state index contributed by atoms with van der Waals surface area (Å²) in [5.74, 6) is 0. The summed E-state index contributed by atoms with van der Waals surface area (Å²) < 4.78 is 0. The molecule has 3 aromatic heterocycles. The number of nitrogens with two attached hydrogens (primary N) is 1. The minimum absolute atomic E-state index is 0.714. The summed E-state index contributed by atoms with van der Waals surface area (Å²) in [5.41, 5.74) is 16.4. The van der Waals surface area contributed by atoms with Gasteiger partial charge in [-0.25, -0.2) is 4.98 Å². The molecule has 0 spiro atoms. The lowest BCUT2D eigenvalue weighted by Crippen LogP contribution is -1.93. The van der Waals surface area contributed by atoms with Gasteiger partial charge in [0.15, 0.2) is 0 Å². The summed E-state index contributed by atoms with van der Waals surface area (Å²) in [6.45, 7) is 0. The Balaban J connectivity index is 1.16. The molecule has 190 valence electrons. The Morgan fingerprint density at radius 1 is 0.575 bits per heavy atom. The zero-order valence-corrected chi connectivity index (χ0v) is 21.8. The Morgan fingerprint density at radius 2 is 1.23 bits per heavy atom. The van der Waals surface area contributed by atoms with Gasteiger partial charge in [-0.1, -0.05) is 97.1 Å². The number of nitrogens with zero attached hydrogens (tertiary/aromatic N) is 3. The first-order valence-electron chi connectivity index (χ1n) is 13.4. The summed E-state index contributed by atoms with van der Waals surface area (Å²) in [7, 11) is 0. The number of hydrogen-bond donors (Lipinski definition) is 1. The lowest BCUT2D eigenvalue weighted by molar-refractivity contribution is 1.28. The van der Waals surface area contributed by atoms with Crippen LogP contribution in [0.5, 0.6) is 0 Å². The molecule has 0 saturated carbocycles. The van der Waals surface area contributed by atoms with Gasteiger partial charge >= 0.3 is 0 Å². The average molecular weight is 515 g/mol. The van der Waals surface area contributed by atoms with Gasteiger partial charge in [-0.05, 0) is 52.9 Å². The van der Waals surface area contributed by atoms with Crippen molar-refractivity contribution in [2.24, 2.45) is 0 Å². The molecule has 4 nitrogen and oxygen atoms in total. The van der Waals surface area contributed by atoms with Crippen molar-refractivity contribution in [3.63, 3.8) is 0 Å². The highest BCUT2D eigenvalue weighted by atomic mass is 14.8. The zero-order chi connectivity index (χ0) is 26.9. The van der Waals surface area contributed by atoms with Crippen molar-refractivity contribution in [1.82, 2.24) is 15.0 Å². The van der Waals surface area contributed by atoms with Crippen LogP contribution < -0.4 is 5.73 Å². The van der Waals surface area contributed by atoms with Crippen LogP contribution >= 0.6 is 0 Å². The number of hydrogen-bond acceptors (Lipinski definition) is 4. The standard InChI is InChI=1S/C36H26N4/c37-33-25(14-15-26-12-4-20-38-34(26)33)8-1-6-24-7-2-9-29(22-24)30-10-3-11-31(23-30)32-19-18-28-17-16-27-13-5-21-39-35(27)36(28)40-32/h1-5,7-23H,6,37H2/b8-1-. The van der Waals surface area contributed by atoms with Gasteiger partial charge < -0.3 is 5.73 Å². The van der Waals surface area contributed by atoms with Crippen LogP contribution in [-0.4, -0.2) is 15.0 Å². The van der Waals surface area contributed by atoms with Gasteiger partial charge in [0.2, 0.25) is 0 Å². The van der Waals surface area contributed by atoms with E-state index in [1.165, 1.54) is 11.1 Å². The summed E-state index contributed by atoms with van der Waals surface area (Å²) in [5, 5.41) is 3.24. The van der Waals surface area contributed by atoms with Crippen LogP contribution in [0.25, 0.3) is 61.2 Å². The van der Waals surface area contributed by atoms with Crippen molar-refractivity contribution in [3.05, 3.63) is 139 Å². The normalized spacial score (nSPS) is 11.6. The molecular weight excluding hydrogens is 488 g/mol. The van der Waals surface area contributed by atoms with Crippen molar-refractivity contribution in [2.75, 3.05) is 5.73 Å². The summed E-state index contributed by atoms with van der Waals surface area (Å²) >= 11 is 0. The van der Waals surface area contributed by atoms with E-state index in [1.54, 1.807) is 6.20 Å². The number of fused-ring (bicyclic) bond motifs is 4. The molecule has 0 fully saturated rings. The molecule has 40 heavy (non-hydrogen) atoms. The third-order valence-corrected chi connectivity index (χ3v) is 7.35. The molecule has 0 amide bonds. The van der Waals surface area contributed by atoms with E-state index in [0.29, 0.717) is 5.69 Å². The van der Waals surface area contributed by atoms with E-state index in [0.717, 1.165) is 61.5 Å². The Kier molecular flexibility index (Phi) is 5.98. The van der Waals surface area contributed by atoms with E-state index < -0.39 is 0 Å². The van der Waals surface area contributed by atoms with Gasteiger partial charge in [-0.3, -0.25) is 9.97 Å². The van der Waals surface area contributed by atoms with Crippen LogP contribution in [0.3, 0.4) is 0 Å². The summed E-state index contributed by atoms with van der Waals surface area (Å²) in [4.78, 5) is 14.1. The van der Waals surface area contributed by atoms with Crippen LogP contribution in [0.1, 0.15) is 11.1 Å². The Morgan fingerprint density at radius 3 is 2.08 bits per heavy atom. The van der Waals surface area contributed by atoms with E-state index in [2.05, 4.69) is 113 Å². The molecular formula is C36H26N4. The molecule has 0 atom stereocenters. The van der Waals surface area contributed by atoms with Gasteiger partial charge in [0.05, 0.1) is 27.9 Å². The van der Waals surface area contributed by atoms with E-state index >= 15 is 0 Å². The lowest BCUT2D eigenvalue weighted by Gasteiger charge is -2.09. The highest BCUT2D eigenvalue weighted by Crippen LogP contribution is 2.30. The highest BCUT2D eigenvalue weighted by Gasteiger charge is 2.08. The highest BCUT2D eigenvalue weighted by molar-refractivity contribution is 6.03. The SMILES string of the molecule is Nc1c(/C=C\Cc2cccc(-c3cccc(-c4ccc5ccc6cccnc6c5n4)c3)c2)ccc2cccnc12. The second-order valence-corrected chi connectivity index (χ2v) is 9.94. The minimum atomic E-state index is 0.714. The van der Waals surface area contributed by atoms with Gasteiger partial charge in [0, 0.05) is 34.1 Å². The summed E-state index contributed by atoms with van der Waals surface area (Å²) in [6, 6.07) is 37.8. The second kappa shape index (κ2) is 10.1. The second-order valence-electron chi connectivity index (χ2n) is 9.94. The maximum absolute atomic E-state index is 6.40. The molecule has 0 unspecified atom stereocenters. The zero-order valence-electron chi connectivity index (χ0n) is 21.8. The number of aromatic nitrogens is 3. The quantitative estimate of drug-likeness (QED) is 0.185. The van der Waals surface area contributed by atoms with Gasteiger partial charge in [0.1, 0.15) is 0 Å². The topological polar surface area (TPSA) is 64.7 Å². The molecule has 4 aromatic carbocycles. The van der Waals surface area contributed by atoms with E-state index in [4.69, 9.17) is 10.7 Å². The van der Waals surface area contributed by atoms with Crippen LogP contribution in [0.4, 0.5) is 5.69 Å². The Bertz CT molecular complexity index is 2060. The number of allylic oxidation sites excluding steroid dienone is 1. The molecule has 7 rings (SSSR count). The van der Waals surface area contributed by atoms with Gasteiger partial charge in [-0.15, -0.1) is 0 Å². The van der Waals surface area contributed by atoms with Crippen molar-refractivity contribution in [3.8, 4) is 22.4 Å². The van der Waals surface area contributed by atoms with Crippen molar-refractivity contribution >= 4 is 44.5 Å². The predicted molar refractivity (Wildman–Crippen MR) is 167 cm³/mol. The third-order valence-electron chi connectivity index (χ3n) is 7.35. The van der Waals surface area contributed by atoms with Gasteiger partial charge in [0.25, 0.3) is 0 Å². The molecule has 2 N–H and O–H groups in total. The first-order valence-corrected chi connectivity index (χ1v) is 13.4. The third kappa shape index (κ3) is 4.46. The van der Waals surface area contributed by atoms with Crippen molar-refractivity contribution < 1.29 is 0 Å². The van der Waals surface area contributed by atoms with E-state index in [9.17, 15) is 0 Å². The Labute approximate surface area is 232 Å². The molecule has 0 radical (unpaired) electrons. The number of benzene rings is 4. The fourth-order valence-electron chi connectivity index (χ4n) is 5.27. The Hall–Kier alpha value is -5.35. The summed E-state index contributed by atoms with van der Waals surface area (Å²) in [6.07, 6.45) is 8.66. The first kappa shape index (κ1) is 23.7. The van der Waals surface area contributed by atoms with Crippen LogP contribution in [0, 0.1) is 0 Å². The van der Waals surface area contributed by atoms with Crippen molar-refractivity contribution in [1.29, 1.82) is 0 Å². The molecule has 4 heteroatoms. The maximum Gasteiger partial charge on any atom is 0.0972 e. The number of rotatable bonds is 5. The maximum atomic E-state index is 6.40. The smallest absolute Gasteiger partial charge is 0.0972 e. The monoisotopic (exact) mass is 514 g/mol. The largest absolute Gasteiger partial charge is 0.396 e. The molecule has 0 aliphatic carbocycles.